The Morgan fingerprint density at radius 1 is 1.26 bits per heavy atom. The maximum atomic E-state index is 12.2. The first-order valence-corrected chi connectivity index (χ1v) is 8.47. The molecule has 6 heteroatoms. The zero-order valence-corrected chi connectivity index (χ0v) is 13.6. The molecule has 1 amide bonds. The topological polar surface area (TPSA) is 80.0 Å². The molecule has 1 fully saturated rings. The van der Waals surface area contributed by atoms with Gasteiger partial charge in [-0.05, 0) is 25.8 Å². The summed E-state index contributed by atoms with van der Waals surface area (Å²) < 4.78 is 5.06. The molecule has 124 valence electrons. The van der Waals surface area contributed by atoms with Gasteiger partial charge in [0.05, 0.1) is 16.6 Å². The maximum Gasteiger partial charge on any atom is 0.257 e. The molecule has 2 N–H and O–H groups in total. The van der Waals surface area contributed by atoms with Gasteiger partial charge in [0.2, 0.25) is 0 Å². The summed E-state index contributed by atoms with van der Waals surface area (Å²) in [5, 5.41) is 11.1. The lowest BCUT2D eigenvalue weighted by atomic mass is 10.1. The maximum absolute atomic E-state index is 12.2. The van der Waals surface area contributed by atoms with E-state index < -0.39 is 0 Å². The predicted octanol–water partition coefficient (Wildman–Crippen LogP) is 2.57. The Morgan fingerprint density at radius 3 is 2.83 bits per heavy atom. The van der Waals surface area contributed by atoms with Gasteiger partial charge in [-0.2, -0.15) is 0 Å². The normalized spacial score (nSPS) is 16.4. The Morgan fingerprint density at radius 2 is 2.04 bits per heavy atom. The van der Waals surface area contributed by atoms with Gasteiger partial charge in [0, 0.05) is 25.3 Å². The average molecular weight is 316 g/mol. The highest BCUT2D eigenvalue weighted by atomic mass is 16.5. The van der Waals surface area contributed by atoms with Gasteiger partial charge in [0.15, 0.2) is 0 Å². The quantitative estimate of drug-likeness (QED) is 0.654. The molecule has 23 heavy (non-hydrogen) atoms. The second-order valence-corrected chi connectivity index (χ2v) is 6.24. The van der Waals surface area contributed by atoms with Crippen LogP contribution in [0, 0.1) is 6.92 Å². The fourth-order valence-corrected chi connectivity index (χ4v) is 3.11. The van der Waals surface area contributed by atoms with Crippen LogP contribution in [0.25, 0.3) is 11.1 Å². The number of fused-ring (bicyclic) bond motifs is 1. The number of carbonyl (C=O) groups excluding carboxylic acids is 1. The van der Waals surface area contributed by atoms with Crippen LogP contribution >= 0.6 is 0 Å². The van der Waals surface area contributed by atoms with E-state index in [9.17, 15) is 4.79 Å². The predicted molar refractivity (Wildman–Crippen MR) is 88.4 cm³/mol. The monoisotopic (exact) mass is 316 g/mol. The van der Waals surface area contributed by atoms with Crippen molar-refractivity contribution in [2.24, 2.45) is 0 Å². The van der Waals surface area contributed by atoms with E-state index >= 15 is 0 Å². The average Bonchev–Trinajstić information content (AvgIpc) is 2.77. The van der Waals surface area contributed by atoms with Crippen molar-refractivity contribution in [2.75, 3.05) is 13.1 Å². The van der Waals surface area contributed by atoms with Gasteiger partial charge in [0.1, 0.15) is 0 Å². The zero-order valence-electron chi connectivity index (χ0n) is 13.6. The van der Waals surface area contributed by atoms with Crippen LogP contribution in [0.2, 0.25) is 0 Å². The van der Waals surface area contributed by atoms with Crippen LogP contribution in [0.15, 0.2) is 16.8 Å². The summed E-state index contributed by atoms with van der Waals surface area (Å²) in [5.41, 5.74) is 1.75. The summed E-state index contributed by atoms with van der Waals surface area (Å²) in [6, 6.07) is 2.38. The minimum atomic E-state index is -0.109. The molecule has 1 aliphatic rings. The number of pyridine rings is 1. The molecule has 2 aromatic rings. The van der Waals surface area contributed by atoms with E-state index in [2.05, 4.69) is 20.8 Å². The van der Waals surface area contributed by atoms with Crippen molar-refractivity contribution in [2.45, 2.75) is 51.5 Å². The summed E-state index contributed by atoms with van der Waals surface area (Å²) in [5.74, 6) is -0.109. The van der Waals surface area contributed by atoms with Gasteiger partial charge in [-0.1, -0.05) is 30.8 Å². The molecule has 0 radical (unpaired) electrons. The lowest BCUT2D eigenvalue weighted by Crippen LogP contribution is -2.36. The van der Waals surface area contributed by atoms with E-state index in [1.54, 1.807) is 6.07 Å². The number of amides is 1. The molecule has 2 aromatic heterocycles. The van der Waals surface area contributed by atoms with Crippen molar-refractivity contribution >= 4 is 17.0 Å². The van der Waals surface area contributed by atoms with Gasteiger partial charge < -0.3 is 15.2 Å². The van der Waals surface area contributed by atoms with Gasteiger partial charge >= 0.3 is 0 Å². The molecule has 2 heterocycles. The third kappa shape index (κ3) is 4.07. The number of aryl methyl sites for hydroxylation is 1. The van der Waals surface area contributed by atoms with Crippen LogP contribution in [0.3, 0.4) is 0 Å². The van der Waals surface area contributed by atoms with Gasteiger partial charge in [-0.3, -0.25) is 4.79 Å². The second-order valence-electron chi connectivity index (χ2n) is 6.24. The third-order valence-corrected chi connectivity index (χ3v) is 4.47. The lowest BCUT2D eigenvalue weighted by Gasteiger charge is -2.16. The van der Waals surface area contributed by atoms with Gasteiger partial charge in [0.25, 0.3) is 11.6 Å². The molecular weight excluding hydrogens is 292 g/mol. The third-order valence-electron chi connectivity index (χ3n) is 4.47. The molecule has 6 nitrogen and oxygen atoms in total. The molecule has 3 rings (SSSR count). The van der Waals surface area contributed by atoms with E-state index in [0.29, 0.717) is 23.9 Å². The Balaban J connectivity index is 1.47. The molecule has 1 saturated carbocycles. The Kier molecular flexibility index (Phi) is 5.23. The largest absolute Gasteiger partial charge is 0.351 e. The van der Waals surface area contributed by atoms with Crippen LogP contribution in [-0.2, 0) is 0 Å². The highest BCUT2D eigenvalue weighted by molar-refractivity contribution is 5.96. The van der Waals surface area contributed by atoms with Crippen molar-refractivity contribution in [3.63, 3.8) is 0 Å². The number of rotatable bonds is 5. The van der Waals surface area contributed by atoms with Crippen LogP contribution < -0.4 is 10.6 Å². The fraction of sp³-hybridized carbons (Fsp3) is 0.588. The van der Waals surface area contributed by atoms with Crippen LogP contribution in [0.5, 0.6) is 0 Å². The van der Waals surface area contributed by atoms with Gasteiger partial charge in [-0.25, -0.2) is 4.98 Å². The fourth-order valence-electron chi connectivity index (χ4n) is 3.11. The van der Waals surface area contributed by atoms with Crippen LogP contribution in [0.4, 0.5) is 0 Å². The standard InChI is InChI=1S/C17H24N4O2/c1-12-15-10-13(11-20-17(15)23-21-12)16(22)19-9-8-18-14-6-4-2-3-5-7-14/h10-11,14,18H,2-9H2,1H3,(H,19,22). The summed E-state index contributed by atoms with van der Waals surface area (Å²) in [6.07, 6.45) is 9.37. The number of carbonyl (C=O) groups is 1. The number of nitrogens with one attached hydrogen (secondary N) is 2. The number of nitrogens with zero attached hydrogens (tertiary/aromatic N) is 2. The highest BCUT2D eigenvalue weighted by Gasteiger charge is 2.13. The van der Waals surface area contributed by atoms with E-state index in [4.69, 9.17) is 4.52 Å². The Labute approximate surface area is 136 Å². The molecule has 0 bridgehead atoms. The molecule has 0 spiro atoms. The summed E-state index contributed by atoms with van der Waals surface area (Å²) in [4.78, 5) is 16.3. The molecule has 0 atom stereocenters. The van der Waals surface area contributed by atoms with E-state index in [1.165, 1.54) is 44.7 Å². The zero-order chi connectivity index (χ0) is 16.1. The first-order valence-electron chi connectivity index (χ1n) is 8.47. The van der Waals surface area contributed by atoms with Crippen LogP contribution in [0.1, 0.15) is 54.6 Å². The molecule has 0 aliphatic heterocycles. The van der Waals surface area contributed by atoms with Gasteiger partial charge in [-0.15, -0.1) is 0 Å². The van der Waals surface area contributed by atoms with Crippen molar-refractivity contribution < 1.29 is 9.32 Å². The number of hydrogen-bond donors (Lipinski definition) is 2. The Hall–Kier alpha value is -1.95. The molecule has 1 aliphatic carbocycles. The van der Waals surface area contributed by atoms with Crippen molar-refractivity contribution in [3.05, 3.63) is 23.5 Å². The summed E-state index contributed by atoms with van der Waals surface area (Å²) in [6.45, 7) is 3.26. The number of hydrogen-bond acceptors (Lipinski definition) is 5. The molecule has 0 saturated heterocycles. The Bertz CT molecular complexity index is 660. The van der Waals surface area contributed by atoms with Crippen LogP contribution in [-0.4, -0.2) is 35.2 Å². The number of aromatic nitrogens is 2. The lowest BCUT2D eigenvalue weighted by molar-refractivity contribution is 0.0953. The minimum absolute atomic E-state index is 0.109. The minimum Gasteiger partial charge on any atom is -0.351 e. The first-order chi connectivity index (χ1) is 11.2. The van der Waals surface area contributed by atoms with Crippen molar-refractivity contribution in [1.82, 2.24) is 20.8 Å². The van der Waals surface area contributed by atoms with E-state index in [0.717, 1.165) is 17.6 Å². The molecular formula is C17H24N4O2. The van der Waals surface area contributed by atoms with E-state index in [1.807, 2.05) is 6.92 Å². The van der Waals surface area contributed by atoms with Crippen molar-refractivity contribution in [1.29, 1.82) is 0 Å². The second kappa shape index (κ2) is 7.55. The van der Waals surface area contributed by atoms with Crippen molar-refractivity contribution in [3.8, 4) is 0 Å². The highest BCUT2D eigenvalue weighted by Crippen LogP contribution is 2.17. The van der Waals surface area contributed by atoms with E-state index in [-0.39, 0.29) is 5.91 Å². The first kappa shape index (κ1) is 15.9. The molecule has 0 aromatic carbocycles. The summed E-state index contributed by atoms with van der Waals surface area (Å²) in [7, 11) is 0. The summed E-state index contributed by atoms with van der Waals surface area (Å²) >= 11 is 0. The SMILES string of the molecule is Cc1noc2ncc(C(=O)NCCNC3CCCCCC3)cc12. The smallest absolute Gasteiger partial charge is 0.257 e. The molecule has 0 unspecified atom stereocenters.